The Kier molecular flexibility index (Phi) is 6.30. The molecule has 0 spiro atoms. The van der Waals surface area contributed by atoms with Gasteiger partial charge in [0.2, 0.25) is 0 Å². The van der Waals surface area contributed by atoms with Crippen molar-refractivity contribution in [2.75, 3.05) is 20.8 Å². The van der Waals surface area contributed by atoms with Gasteiger partial charge in [-0.3, -0.25) is 0 Å². The average Bonchev–Trinajstić information content (AvgIpc) is 2.40. The van der Waals surface area contributed by atoms with Crippen LogP contribution in [0.4, 0.5) is 0 Å². The quantitative estimate of drug-likeness (QED) is 0.818. The lowest BCUT2D eigenvalue weighted by Crippen LogP contribution is -2.22. The first-order valence-electron chi connectivity index (χ1n) is 6.33. The molecule has 0 fully saturated rings. The molecule has 0 saturated carbocycles. The van der Waals surface area contributed by atoms with Gasteiger partial charge < -0.3 is 14.8 Å². The average molecular weight is 272 g/mol. The summed E-state index contributed by atoms with van der Waals surface area (Å²) in [7, 11) is 3.24. The highest BCUT2D eigenvalue weighted by atomic mass is 35.5. The number of hydrogen-bond acceptors (Lipinski definition) is 3. The second-order valence-corrected chi connectivity index (χ2v) is 4.50. The molecule has 0 radical (unpaired) electrons. The molecule has 1 N–H and O–H groups in total. The predicted octanol–water partition coefficient (Wildman–Crippen LogP) is 3.81. The Morgan fingerprint density at radius 1 is 1.22 bits per heavy atom. The number of ether oxygens (including phenoxy) is 2. The van der Waals surface area contributed by atoms with Gasteiger partial charge in [-0.15, -0.1) is 0 Å². The van der Waals surface area contributed by atoms with Crippen LogP contribution in [0.15, 0.2) is 12.1 Å². The predicted molar refractivity (Wildman–Crippen MR) is 75.9 cm³/mol. The van der Waals surface area contributed by atoms with Crippen molar-refractivity contribution < 1.29 is 9.47 Å². The maximum absolute atomic E-state index is 6.27. The molecule has 0 bridgehead atoms. The molecule has 0 saturated heterocycles. The Morgan fingerprint density at radius 2 is 1.94 bits per heavy atom. The van der Waals surface area contributed by atoms with Crippen LogP contribution >= 0.6 is 11.6 Å². The van der Waals surface area contributed by atoms with Crippen molar-refractivity contribution in [1.82, 2.24) is 5.32 Å². The molecule has 0 amide bonds. The van der Waals surface area contributed by atoms with Crippen molar-refractivity contribution >= 4 is 11.6 Å². The minimum absolute atomic E-state index is 0.253. The third kappa shape index (κ3) is 3.30. The maximum atomic E-state index is 6.27. The third-order valence-corrected chi connectivity index (χ3v) is 3.30. The van der Waals surface area contributed by atoms with Gasteiger partial charge in [-0.25, -0.2) is 0 Å². The molecule has 18 heavy (non-hydrogen) atoms. The van der Waals surface area contributed by atoms with E-state index in [0.717, 1.165) is 24.9 Å². The fourth-order valence-electron chi connectivity index (χ4n) is 1.99. The van der Waals surface area contributed by atoms with E-state index in [2.05, 4.69) is 19.2 Å². The number of benzene rings is 1. The number of halogens is 1. The summed E-state index contributed by atoms with van der Waals surface area (Å²) in [5, 5.41) is 4.03. The zero-order valence-electron chi connectivity index (χ0n) is 11.5. The molecule has 1 aromatic carbocycles. The summed E-state index contributed by atoms with van der Waals surface area (Å²) >= 11 is 6.27. The summed E-state index contributed by atoms with van der Waals surface area (Å²) in [6, 6.07) is 4.15. The minimum atomic E-state index is 0.253. The molecule has 0 aliphatic carbocycles. The molecule has 0 heterocycles. The minimum Gasteiger partial charge on any atom is -0.495 e. The normalized spacial score (nSPS) is 12.3. The van der Waals surface area contributed by atoms with Gasteiger partial charge in [0.1, 0.15) is 16.5 Å². The summed E-state index contributed by atoms with van der Waals surface area (Å²) in [5.41, 5.74) is 1.08. The molecule has 0 aliphatic heterocycles. The van der Waals surface area contributed by atoms with Crippen LogP contribution in [0.3, 0.4) is 0 Å². The van der Waals surface area contributed by atoms with Gasteiger partial charge in [-0.05, 0) is 31.5 Å². The lowest BCUT2D eigenvalue weighted by Gasteiger charge is -2.21. The van der Waals surface area contributed by atoms with Gasteiger partial charge in [0.05, 0.1) is 14.2 Å². The number of methoxy groups -OCH3 is 2. The van der Waals surface area contributed by atoms with Crippen LogP contribution in [0, 0.1) is 0 Å². The van der Waals surface area contributed by atoms with Crippen LogP contribution in [-0.2, 0) is 0 Å². The van der Waals surface area contributed by atoms with Crippen molar-refractivity contribution in [1.29, 1.82) is 0 Å². The van der Waals surface area contributed by atoms with Crippen LogP contribution in [0.25, 0.3) is 0 Å². The van der Waals surface area contributed by atoms with E-state index < -0.39 is 0 Å². The van der Waals surface area contributed by atoms with E-state index in [1.807, 2.05) is 12.1 Å². The van der Waals surface area contributed by atoms with E-state index in [1.54, 1.807) is 14.2 Å². The molecule has 4 heteroatoms. The molecule has 1 atom stereocenters. The third-order valence-electron chi connectivity index (χ3n) is 2.94. The Hall–Kier alpha value is -0.930. The van der Waals surface area contributed by atoms with Gasteiger partial charge in [-0.2, -0.15) is 0 Å². The van der Waals surface area contributed by atoms with Crippen molar-refractivity contribution in [2.45, 2.75) is 32.7 Å². The van der Waals surface area contributed by atoms with Gasteiger partial charge in [0, 0.05) is 11.6 Å². The largest absolute Gasteiger partial charge is 0.495 e. The summed E-state index contributed by atoms with van der Waals surface area (Å²) < 4.78 is 10.6. The molecule has 1 unspecified atom stereocenters. The van der Waals surface area contributed by atoms with E-state index in [-0.39, 0.29) is 6.04 Å². The molecular weight excluding hydrogens is 250 g/mol. The Labute approximate surface area is 114 Å². The number of rotatable bonds is 7. The Bertz CT molecular complexity index is 382. The van der Waals surface area contributed by atoms with Crippen LogP contribution in [0.2, 0.25) is 5.02 Å². The Balaban J connectivity index is 3.10. The lowest BCUT2D eigenvalue weighted by atomic mass is 10.0. The summed E-state index contributed by atoms with van der Waals surface area (Å²) in [5.74, 6) is 1.34. The molecule has 0 aliphatic rings. The number of hydrogen-bond donors (Lipinski definition) is 1. The molecular formula is C14H22ClNO2. The summed E-state index contributed by atoms with van der Waals surface area (Å²) in [6.07, 6.45) is 2.09. The van der Waals surface area contributed by atoms with E-state index in [4.69, 9.17) is 21.1 Å². The van der Waals surface area contributed by atoms with E-state index in [0.29, 0.717) is 16.5 Å². The zero-order valence-corrected chi connectivity index (χ0v) is 12.3. The highest BCUT2D eigenvalue weighted by molar-refractivity contribution is 6.33. The molecule has 0 aromatic heterocycles. The SMILES string of the molecule is CCCNC(CC)c1ccc(OC)c(Cl)c1OC. The first-order chi connectivity index (χ1) is 8.69. The van der Waals surface area contributed by atoms with Gasteiger partial charge in [0.15, 0.2) is 0 Å². The monoisotopic (exact) mass is 271 g/mol. The van der Waals surface area contributed by atoms with E-state index in [9.17, 15) is 0 Å². The van der Waals surface area contributed by atoms with Crippen molar-refractivity contribution in [3.05, 3.63) is 22.7 Å². The second-order valence-electron chi connectivity index (χ2n) is 4.12. The number of nitrogens with one attached hydrogen (secondary N) is 1. The molecule has 3 nitrogen and oxygen atoms in total. The summed E-state index contributed by atoms with van der Waals surface area (Å²) in [4.78, 5) is 0. The van der Waals surface area contributed by atoms with Crippen LogP contribution in [-0.4, -0.2) is 20.8 Å². The lowest BCUT2D eigenvalue weighted by molar-refractivity contribution is 0.383. The van der Waals surface area contributed by atoms with Crippen molar-refractivity contribution in [3.8, 4) is 11.5 Å². The van der Waals surface area contributed by atoms with Gasteiger partial charge in [-0.1, -0.05) is 25.4 Å². The van der Waals surface area contributed by atoms with Crippen LogP contribution in [0.1, 0.15) is 38.3 Å². The van der Waals surface area contributed by atoms with Crippen molar-refractivity contribution in [3.63, 3.8) is 0 Å². The first-order valence-corrected chi connectivity index (χ1v) is 6.71. The zero-order chi connectivity index (χ0) is 13.5. The molecule has 102 valence electrons. The standard InChI is InChI=1S/C14H22ClNO2/c1-5-9-16-11(6-2)10-7-8-12(17-3)13(15)14(10)18-4/h7-8,11,16H,5-6,9H2,1-4H3. The summed E-state index contributed by atoms with van der Waals surface area (Å²) in [6.45, 7) is 5.27. The smallest absolute Gasteiger partial charge is 0.146 e. The van der Waals surface area contributed by atoms with Crippen LogP contribution < -0.4 is 14.8 Å². The topological polar surface area (TPSA) is 30.5 Å². The van der Waals surface area contributed by atoms with Crippen molar-refractivity contribution in [2.24, 2.45) is 0 Å². The van der Waals surface area contributed by atoms with E-state index >= 15 is 0 Å². The highest BCUT2D eigenvalue weighted by Gasteiger charge is 2.18. The fourth-order valence-corrected chi connectivity index (χ4v) is 2.31. The molecule has 1 rings (SSSR count). The Morgan fingerprint density at radius 3 is 2.44 bits per heavy atom. The maximum Gasteiger partial charge on any atom is 0.146 e. The highest BCUT2D eigenvalue weighted by Crippen LogP contribution is 2.40. The second kappa shape index (κ2) is 7.49. The first kappa shape index (κ1) is 15.1. The van der Waals surface area contributed by atoms with Gasteiger partial charge in [0.25, 0.3) is 0 Å². The van der Waals surface area contributed by atoms with Gasteiger partial charge >= 0.3 is 0 Å². The van der Waals surface area contributed by atoms with Crippen LogP contribution in [0.5, 0.6) is 11.5 Å². The fraction of sp³-hybridized carbons (Fsp3) is 0.571. The van der Waals surface area contributed by atoms with E-state index in [1.165, 1.54) is 0 Å². The molecule has 1 aromatic rings.